The summed E-state index contributed by atoms with van der Waals surface area (Å²) in [5.74, 6) is 0.0435. The van der Waals surface area contributed by atoms with Gasteiger partial charge in [0.05, 0.1) is 20.4 Å². The molecule has 1 aromatic rings. The van der Waals surface area contributed by atoms with Crippen molar-refractivity contribution in [1.82, 2.24) is 10.3 Å². The average Bonchev–Trinajstić information content (AvgIpc) is 2.44. The fourth-order valence-electron chi connectivity index (χ4n) is 1.65. The minimum absolute atomic E-state index is 0.190. The zero-order chi connectivity index (χ0) is 16.8. The summed E-state index contributed by atoms with van der Waals surface area (Å²) in [5.41, 5.74) is -0.0319. The number of hydrogen-bond acceptors (Lipinski definition) is 6. The molecule has 0 bridgehead atoms. The topological polar surface area (TPSA) is 86.8 Å². The van der Waals surface area contributed by atoms with Gasteiger partial charge in [-0.05, 0) is 32.9 Å². The second-order valence-electron chi connectivity index (χ2n) is 5.62. The van der Waals surface area contributed by atoms with Gasteiger partial charge in [0.1, 0.15) is 17.4 Å². The van der Waals surface area contributed by atoms with Crippen LogP contribution in [0.25, 0.3) is 0 Å². The lowest BCUT2D eigenvalue weighted by Crippen LogP contribution is -2.45. The Hall–Kier alpha value is -2.31. The predicted octanol–water partition coefficient (Wildman–Crippen LogP) is 1.70. The molecule has 1 rings (SSSR count). The molecule has 0 radical (unpaired) electrons. The Kier molecular flexibility index (Phi) is 6.15. The van der Waals surface area contributed by atoms with Crippen LogP contribution >= 0.6 is 0 Å². The third-order valence-corrected chi connectivity index (χ3v) is 2.62. The van der Waals surface area contributed by atoms with Gasteiger partial charge in [0.25, 0.3) is 0 Å². The molecule has 1 atom stereocenters. The highest BCUT2D eigenvalue weighted by Crippen LogP contribution is 2.11. The van der Waals surface area contributed by atoms with Crippen LogP contribution in [0.15, 0.2) is 18.3 Å². The maximum atomic E-state index is 11.8. The van der Waals surface area contributed by atoms with Crippen molar-refractivity contribution < 1.29 is 23.8 Å². The number of carbonyl (C=O) groups excluding carboxylic acids is 2. The van der Waals surface area contributed by atoms with E-state index in [1.54, 1.807) is 32.9 Å². The molecular weight excluding hydrogens is 288 g/mol. The Morgan fingerprint density at radius 3 is 2.41 bits per heavy atom. The van der Waals surface area contributed by atoms with Crippen molar-refractivity contribution in [2.24, 2.45) is 0 Å². The first-order valence-electron chi connectivity index (χ1n) is 6.81. The fourth-order valence-corrected chi connectivity index (χ4v) is 1.65. The van der Waals surface area contributed by atoms with Crippen molar-refractivity contribution in [3.63, 3.8) is 0 Å². The Morgan fingerprint density at radius 2 is 1.95 bits per heavy atom. The van der Waals surface area contributed by atoms with Crippen LogP contribution in [0.2, 0.25) is 0 Å². The summed E-state index contributed by atoms with van der Waals surface area (Å²) < 4.78 is 14.9. The van der Waals surface area contributed by atoms with Crippen molar-refractivity contribution in [2.45, 2.75) is 38.8 Å². The quantitative estimate of drug-likeness (QED) is 0.833. The van der Waals surface area contributed by atoms with Crippen molar-refractivity contribution >= 4 is 12.1 Å². The van der Waals surface area contributed by atoms with Crippen molar-refractivity contribution in [3.8, 4) is 5.75 Å². The zero-order valence-electron chi connectivity index (χ0n) is 13.5. The molecule has 0 aliphatic heterocycles. The molecule has 7 heteroatoms. The molecule has 1 N–H and O–H groups in total. The van der Waals surface area contributed by atoms with Gasteiger partial charge in [-0.2, -0.15) is 0 Å². The van der Waals surface area contributed by atoms with Crippen LogP contribution in [0.5, 0.6) is 5.75 Å². The third-order valence-electron chi connectivity index (χ3n) is 2.62. The van der Waals surface area contributed by atoms with Crippen LogP contribution < -0.4 is 10.1 Å². The van der Waals surface area contributed by atoms with Crippen LogP contribution in [0.1, 0.15) is 26.5 Å². The van der Waals surface area contributed by atoms with Crippen molar-refractivity contribution in [1.29, 1.82) is 0 Å². The van der Waals surface area contributed by atoms with E-state index in [0.717, 1.165) is 0 Å². The monoisotopic (exact) mass is 310 g/mol. The molecule has 0 aliphatic rings. The fraction of sp³-hybridized carbons (Fsp3) is 0.533. The molecule has 0 saturated heterocycles. The second kappa shape index (κ2) is 7.63. The first-order valence-corrected chi connectivity index (χ1v) is 6.81. The number of hydrogen-bond donors (Lipinski definition) is 1. The van der Waals surface area contributed by atoms with E-state index in [1.807, 2.05) is 0 Å². The number of nitrogens with one attached hydrogen (secondary N) is 1. The van der Waals surface area contributed by atoms with E-state index in [9.17, 15) is 9.59 Å². The van der Waals surface area contributed by atoms with E-state index in [0.29, 0.717) is 11.4 Å². The average molecular weight is 310 g/mol. The van der Waals surface area contributed by atoms with Gasteiger partial charge in [-0.25, -0.2) is 9.59 Å². The number of nitrogens with zero attached hydrogens (tertiary/aromatic N) is 1. The van der Waals surface area contributed by atoms with Gasteiger partial charge in [0, 0.05) is 12.1 Å². The molecule has 0 aromatic carbocycles. The summed E-state index contributed by atoms with van der Waals surface area (Å²) in [6.07, 6.45) is 1.05. The molecule has 0 unspecified atom stereocenters. The van der Waals surface area contributed by atoms with Crippen molar-refractivity contribution in [2.75, 3.05) is 14.2 Å². The summed E-state index contributed by atoms with van der Waals surface area (Å²) >= 11 is 0. The lowest BCUT2D eigenvalue weighted by atomic mass is 10.1. The van der Waals surface area contributed by atoms with Crippen molar-refractivity contribution in [3.05, 3.63) is 24.0 Å². The lowest BCUT2D eigenvalue weighted by Gasteiger charge is -2.22. The highest BCUT2D eigenvalue weighted by molar-refractivity contribution is 5.81. The maximum Gasteiger partial charge on any atom is 0.408 e. The summed E-state index contributed by atoms with van der Waals surface area (Å²) in [6, 6.07) is 2.57. The molecule has 1 heterocycles. The third kappa shape index (κ3) is 5.99. The summed E-state index contributed by atoms with van der Waals surface area (Å²) in [5, 5.41) is 2.49. The number of rotatable bonds is 5. The van der Waals surface area contributed by atoms with Gasteiger partial charge in [-0.3, -0.25) is 4.98 Å². The Labute approximate surface area is 130 Å². The van der Waals surface area contributed by atoms with Crippen LogP contribution in [0.4, 0.5) is 4.79 Å². The molecule has 1 aromatic heterocycles. The standard InChI is InChI=1S/C15H22N2O5/c1-15(2,3)22-14(19)17-12(13(18)21-5)8-10-6-7-11(20-4)9-16-10/h6-7,9,12H,8H2,1-5H3,(H,17,19)/t12-/m0/s1. The molecule has 0 saturated carbocycles. The molecule has 0 spiro atoms. The van der Waals surface area contributed by atoms with Gasteiger partial charge in [0.15, 0.2) is 0 Å². The number of carbonyl (C=O) groups is 2. The number of aromatic nitrogens is 1. The summed E-state index contributed by atoms with van der Waals surface area (Å²) in [4.78, 5) is 27.8. The lowest BCUT2D eigenvalue weighted by molar-refractivity contribution is -0.143. The molecule has 0 fully saturated rings. The van der Waals surface area contributed by atoms with Gasteiger partial charge in [-0.15, -0.1) is 0 Å². The Balaban J connectivity index is 2.75. The van der Waals surface area contributed by atoms with Gasteiger partial charge >= 0.3 is 12.1 Å². The number of esters is 1. The minimum atomic E-state index is -0.874. The van der Waals surface area contributed by atoms with Crippen LogP contribution in [0, 0.1) is 0 Å². The smallest absolute Gasteiger partial charge is 0.408 e. The molecule has 1 amide bonds. The number of alkyl carbamates (subject to hydrolysis) is 1. The molecule has 22 heavy (non-hydrogen) atoms. The molecule has 0 aliphatic carbocycles. The van der Waals surface area contributed by atoms with Crippen LogP contribution in [0.3, 0.4) is 0 Å². The van der Waals surface area contributed by atoms with Gasteiger partial charge in [0.2, 0.25) is 0 Å². The van der Waals surface area contributed by atoms with E-state index in [2.05, 4.69) is 10.3 Å². The first kappa shape index (κ1) is 17.7. The van der Waals surface area contributed by atoms with Gasteiger partial charge < -0.3 is 19.5 Å². The van der Waals surface area contributed by atoms with Crippen LogP contribution in [-0.2, 0) is 20.7 Å². The summed E-state index contributed by atoms with van der Waals surface area (Å²) in [6.45, 7) is 5.22. The van der Waals surface area contributed by atoms with E-state index in [-0.39, 0.29) is 6.42 Å². The number of methoxy groups -OCH3 is 2. The number of pyridine rings is 1. The van der Waals surface area contributed by atoms with Gasteiger partial charge in [-0.1, -0.05) is 0 Å². The Bertz CT molecular complexity index is 508. The predicted molar refractivity (Wildman–Crippen MR) is 79.7 cm³/mol. The van der Waals surface area contributed by atoms with E-state index >= 15 is 0 Å². The molecule has 7 nitrogen and oxygen atoms in total. The number of ether oxygens (including phenoxy) is 3. The molecule has 122 valence electrons. The molecular formula is C15H22N2O5. The normalized spacial score (nSPS) is 12.2. The van der Waals surface area contributed by atoms with E-state index < -0.39 is 23.7 Å². The van der Waals surface area contributed by atoms with Crippen LogP contribution in [-0.4, -0.2) is 42.9 Å². The highest BCUT2D eigenvalue weighted by atomic mass is 16.6. The van der Waals surface area contributed by atoms with E-state index in [4.69, 9.17) is 14.2 Å². The largest absolute Gasteiger partial charge is 0.495 e. The van der Waals surface area contributed by atoms with E-state index in [1.165, 1.54) is 20.4 Å². The SMILES string of the molecule is COC(=O)[C@H](Cc1ccc(OC)cn1)NC(=O)OC(C)(C)C. The zero-order valence-corrected chi connectivity index (χ0v) is 13.5. The number of amides is 1. The highest BCUT2D eigenvalue weighted by Gasteiger charge is 2.25. The summed E-state index contributed by atoms with van der Waals surface area (Å²) in [7, 11) is 2.80. The Morgan fingerprint density at radius 1 is 1.27 bits per heavy atom. The minimum Gasteiger partial charge on any atom is -0.495 e. The maximum absolute atomic E-state index is 11.8. The second-order valence-corrected chi connectivity index (χ2v) is 5.62. The first-order chi connectivity index (χ1) is 10.2.